The van der Waals surface area contributed by atoms with Gasteiger partial charge in [0.05, 0.1) is 17.6 Å². The van der Waals surface area contributed by atoms with Gasteiger partial charge >= 0.3 is 6.01 Å². The average molecular weight is 422 g/mol. The van der Waals surface area contributed by atoms with Crippen LogP contribution < -0.4 is 9.47 Å². The maximum Gasteiger partial charge on any atom is 0.316 e. The summed E-state index contributed by atoms with van der Waals surface area (Å²) < 4.78 is 13.2. The third-order valence-corrected chi connectivity index (χ3v) is 5.47. The van der Waals surface area contributed by atoms with E-state index in [2.05, 4.69) is 30.5 Å². The molecule has 5 rings (SSSR count). The summed E-state index contributed by atoms with van der Waals surface area (Å²) in [6.45, 7) is 2.79. The summed E-state index contributed by atoms with van der Waals surface area (Å²) in [7, 11) is 1.56. The minimum absolute atomic E-state index is 0.369. The molecule has 0 spiro atoms. The van der Waals surface area contributed by atoms with E-state index in [1.807, 2.05) is 30.6 Å². The Balaban J connectivity index is 1.46. The molecule has 7 nitrogen and oxygen atoms in total. The number of ether oxygens (including phenoxy) is 2. The second kappa shape index (κ2) is 7.93. The zero-order valence-electron chi connectivity index (χ0n) is 16.5. The van der Waals surface area contributed by atoms with E-state index in [9.17, 15) is 0 Å². The first-order chi connectivity index (χ1) is 14.7. The van der Waals surface area contributed by atoms with Crippen LogP contribution in [0.15, 0.2) is 55.2 Å². The number of nitrogens with zero attached hydrogens (tertiary/aromatic N) is 5. The van der Waals surface area contributed by atoms with Crippen molar-refractivity contribution in [3.63, 3.8) is 0 Å². The maximum absolute atomic E-state index is 6.63. The Kier molecular flexibility index (Phi) is 4.98. The SMILES string of the molecule is COc1ncc(CN2CCOc3c(Cl)cc(-n4ccc5cnccc54)cc3C2)cn1. The van der Waals surface area contributed by atoms with E-state index >= 15 is 0 Å². The number of methoxy groups -OCH3 is 1. The van der Waals surface area contributed by atoms with Crippen LogP contribution in [0.1, 0.15) is 11.1 Å². The van der Waals surface area contributed by atoms with Gasteiger partial charge in [0, 0.05) is 72.8 Å². The molecule has 1 aliphatic heterocycles. The maximum atomic E-state index is 6.63. The Morgan fingerprint density at radius 1 is 1.17 bits per heavy atom. The van der Waals surface area contributed by atoms with Gasteiger partial charge in [0.2, 0.25) is 0 Å². The molecule has 1 aliphatic rings. The number of rotatable bonds is 4. The average Bonchev–Trinajstić information content (AvgIpc) is 3.09. The first-order valence-corrected chi connectivity index (χ1v) is 10.0. The molecule has 8 heteroatoms. The zero-order chi connectivity index (χ0) is 20.5. The predicted molar refractivity (Wildman–Crippen MR) is 114 cm³/mol. The fourth-order valence-electron chi connectivity index (χ4n) is 3.78. The highest BCUT2D eigenvalue weighted by Crippen LogP contribution is 2.35. The monoisotopic (exact) mass is 421 g/mol. The summed E-state index contributed by atoms with van der Waals surface area (Å²) in [5.74, 6) is 0.757. The lowest BCUT2D eigenvalue weighted by molar-refractivity contribution is 0.219. The summed E-state index contributed by atoms with van der Waals surface area (Å²) in [6, 6.07) is 8.52. The van der Waals surface area contributed by atoms with Crippen molar-refractivity contribution in [2.24, 2.45) is 0 Å². The number of hydrogen-bond donors (Lipinski definition) is 0. The van der Waals surface area contributed by atoms with Gasteiger partial charge in [0.1, 0.15) is 12.4 Å². The second-order valence-corrected chi connectivity index (χ2v) is 7.58. The van der Waals surface area contributed by atoms with Gasteiger partial charge in [0.15, 0.2) is 0 Å². The smallest absolute Gasteiger partial charge is 0.316 e. The van der Waals surface area contributed by atoms with Crippen molar-refractivity contribution in [2.45, 2.75) is 13.1 Å². The minimum atomic E-state index is 0.369. The molecule has 4 heterocycles. The third-order valence-electron chi connectivity index (χ3n) is 5.19. The third kappa shape index (κ3) is 3.58. The Morgan fingerprint density at radius 3 is 2.87 bits per heavy atom. The Labute approximate surface area is 178 Å². The van der Waals surface area contributed by atoms with Gasteiger partial charge in [-0.05, 0) is 24.3 Å². The van der Waals surface area contributed by atoms with E-state index in [4.69, 9.17) is 21.1 Å². The number of pyridine rings is 1. The fourth-order valence-corrected chi connectivity index (χ4v) is 4.07. The van der Waals surface area contributed by atoms with E-state index in [0.717, 1.165) is 46.6 Å². The summed E-state index contributed by atoms with van der Waals surface area (Å²) in [5.41, 5.74) is 4.16. The van der Waals surface area contributed by atoms with Crippen LogP contribution in [0.4, 0.5) is 0 Å². The highest BCUT2D eigenvalue weighted by atomic mass is 35.5. The van der Waals surface area contributed by atoms with Gasteiger partial charge in [-0.25, -0.2) is 9.97 Å². The molecule has 0 saturated carbocycles. The normalized spacial score (nSPS) is 14.2. The van der Waals surface area contributed by atoms with Gasteiger partial charge in [-0.1, -0.05) is 11.6 Å². The van der Waals surface area contributed by atoms with Crippen molar-refractivity contribution < 1.29 is 9.47 Å². The lowest BCUT2D eigenvalue weighted by Crippen LogP contribution is -2.25. The predicted octanol–water partition coefficient (Wildman–Crippen LogP) is 3.87. The van der Waals surface area contributed by atoms with Gasteiger partial charge < -0.3 is 14.0 Å². The number of halogens is 1. The van der Waals surface area contributed by atoms with E-state index in [1.165, 1.54) is 0 Å². The number of benzene rings is 1. The van der Waals surface area contributed by atoms with Gasteiger partial charge in [-0.2, -0.15) is 0 Å². The van der Waals surface area contributed by atoms with Crippen LogP contribution in [0.25, 0.3) is 16.6 Å². The zero-order valence-corrected chi connectivity index (χ0v) is 17.2. The number of hydrogen-bond acceptors (Lipinski definition) is 6. The lowest BCUT2D eigenvalue weighted by atomic mass is 10.1. The Hall–Kier alpha value is -3.16. The van der Waals surface area contributed by atoms with E-state index in [1.54, 1.807) is 25.7 Å². The second-order valence-electron chi connectivity index (χ2n) is 7.17. The summed E-state index contributed by atoms with van der Waals surface area (Å²) >= 11 is 6.63. The first kappa shape index (κ1) is 18.8. The van der Waals surface area contributed by atoms with Crippen molar-refractivity contribution in [1.29, 1.82) is 0 Å². The van der Waals surface area contributed by atoms with Crippen molar-refractivity contribution >= 4 is 22.5 Å². The molecule has 0 bridgehead atoms. The van der Waals surface area contributed by atoms with Gasteiger partial charge in [-0.3, -0.25) is 9.88 Å². The molecule has 30 heavy (non-hydrogen) atoms. The molecule has 4 aromatic rings. The largest absolute Gasteiger partial charge is 0.490 e. The molecule has 0 saturated heterocycles. The summed E-state index contributed by atoms with van der Waals surface area (Å²) in [4.78, 5) is 14.9. The van der Waals surface area contributed by atoms with Crippen LogP contribution in [0.2, 0.25) is 5.02 Å². The molecule has 0 unspecified atom stereocenters. The van der Waals surface area contributed by atoms with E-state index in [-0.39, 0.29) is 0 Å². The van der Waals surface area contributed by atoms with E-state index in [0.29, 0.717) is 24.2 Å². The highest BCUT2D eigenvalue weighted by Gasteiger charge is 2.20. The Bertz CT molecular complexity index is 1190. The molecule has 0 amide bonds. The molecule has 0 fully saturated rings. The highest BCUT2D eigenvalue weighted by molar-refractivity contribution is 6.32. The number of fused-ring (bicyclic) bond motifs is 2. The van der Waals surface area contributed by atoms with Crippen LogP contribution in [0, 0.1) is 0 Å². The summed E-state index contributed by atoms with van der Waals surface area (Å²) in [6.07, 6.45) is 9.28. The van der Waals surface area contributed by atoms with Crippen molar-refractivity contribution in [1.82, 2.24) is 24.4 Å². The van der Waals surface area contributed by atoms with Gasteiger partial charge in [-0.15, -0.1) is 0 Å². The standard InChI is InChI=1S/C22H20ClN5O2/c1-29-22-25-10-15(11-26-22)13-27-6-7-30-21-17(14-27)8-18(9-19(21)23)28-5-3-16-12-24-4-2-20(16)28/h2-5,8-12H,6-7,13-14H2,1H3. The van der Waals surface area contributed by atoms with Crippen molar-refractivity contribution in [2.75, 3.05) is 20.3 Å². The molecule has 1 aromatic carbocycles. The molecule has 0 aliphatic carbocycles. The number of aromatic nitrogens is 4. The molecule has 152 valence electrons. The van der Waals surface area contributed by atoms with E-state index < -0.39 is 0 Å². The quantitative estimate of drug-likeness (QED) is 0.498. The van der Waals surface area contributed by atoms with Crippen molar-refractivity contribution in [3.8, 4) is 17.4 Å². The molecule has 0 radical (unpaired) electrons. The molecule has 0 N–H and O–H groups in total. The molecule has 0 atom stereocenters. The fraction of sp³-hybridized carbons (Fsp3) is 0.227. The van der Waals surface area contributed by atoms with Gasteiger partial charge in [0.25, 0.3) is 0 Å². The Morgan fingerprint density at radius 2 is 2.03 bits per heavy atom. The van der Waals surface area contributed by atoms with Crippen LogP contribution in [-0.4, -0.2) is 44.7 Å². The van der Waals surface area contributed by atoms with Crippen molar-refractivity contribution in [3.05, 3.63) is 71.4 Å². The molecular formula is C22H20ClN5O2. The lowest BCUT2D eigenvalue weighted by Gasteiger charge is -2.19. The van der Waals surface area contributed by atoms with Crippen LogP contribution in [0.5, 0.6) is 11.8 Å². The van der Waals surface area contributed by atoms with Crippen LogP contribution in [0.3, 0.4) is 0 Å². The minimum Gasteiger partial charge on any atom is -0.490 e. The topological polar surface area (TPSA) is 65.3 Å². The molecule has 3 aromatic heterocycles. The first-order valence-electron chi connectivity index (χ1n) is 9.65. The van der Waals surface area contributed by atoms with Crippen LogP contribution >= 0.6 is 11.6 Å². The summed E-state index contributed by atoms with van der Waals surface area (Å²) in [5, 5.41) is 1.70. The molecular weight excluding hydrogens is 402 g/mol. The van der Waals surface area contributed by atoms with Crippen LogP contribution in [-0.2, 0) is 13.1 Å².